The number of rotatable bonds is 5. The molecule has 0 heterocycles. The Bertz CT molecular complexity index is 820. The first-order chi connectivity index (χ1) is 11.6. The molecule has 1 aromatic rings. The first kappa shape index (κ1) is 19.4. The number of carbonyl (C=O) groups excluding carboxylic acids is 1. The summed E-state index contributed by atoms with van der Waals surface area (Å²) < 4.78 is 25.5. The number of nitrogens with one attached hydrogen (secondary N) is 1. The van der Waals surface area contributed by atoms with Gasteiger partial charge in [0, 0.05) is 14.1 Å². The average molecular weight is 387 g/mol. The van der Waals surface area contributed by atoms with Crippen molar-refractivity contribution < 1.29 is 23.1 Å². The number of anilines is 1. The molecule has 2 atom stereocenters. The topological polar surface area (TPSA) is 104 Å². The molecule has 0 fully saturated rings. The molecular weight excluding hydrogens is 368 g/mol. The molecule has 1 aliphatic rings. The lowest BCUT2D eigenvalue weighted by Gasteiger charge is -2.24. The van der Waals surface area contributed by atoms with Crippen molar-refractivity contribution >= 4 is 39.2 Å². The molecule has 0 saturated carbocycles. The fourth-order valence-electron chi connectivity index (χ4n) is 2.57. The largest absolute Gasteiger partial charge is 0.481 e. The minimum atomic E-state index is -3.68. The Morgan fingerprint density at radius 3 is 2.36 bits per heavy atom. The first-order valence-electron chi connectivity index (χ1n) is 7.55. The van der Waals surface area contributed by atoms with Crippen LogP contribution in [-0.4, -0.2) is 43.8 Å². The molecule has 2 rings (SSSR count). The SMILES string of the molecule is CN(C)S(=O)(=O)c1ccc(Cl)c(NC(=O)[C@@H]2CC=CC[C@@H]2C(=O)O)c1. The van der Waals surface area contributed by atoms with E-state index in [1.165, 1.54) is 32.3 Å². The Kier molecular flexibility index (Phi) is 5.87. The number of halogens is 1. The van der Waals surface area contributed by atoms with Gasteiger partial charge < -0.3 is 10.4 Å². The summed E-state index contributed by atoms with van der Waals surface area (Å²) in [4.78, 5) is 23.8. The Morgan fingerprint density at radius 2 is 1.80 bits per heavy atom. The summed E-state index contributed by atoms with van der Waals surface area (Å²) in [6, 6.07) is 3.99. The van der Waals surface area contributed by atoms with Gasteiger partial charge in [-0.1, -0.05) is 23.8 Å². The van der Waals surface area contributed by atoms with Gasteiger partial charge in [-0.3, -0.25) is 9.59 Å². The highest BCUT2D eigenvalue weighted by Gasteiger charge is 2.34. The molecular formula is C16H19ClN2O5S. The van der Waals surface area contributed by atoms with Gasteiger partial charge in [-0.25, -0.2) is 12.7 Å². The Balaban J connectivity index is 2.29. The van der Waals surface area contributed by atoms with Crippen LogP contribution < -0.4 is 5.32 Å². The zero-order valence-electron chi connectivity index (χ0n) is 13.8. The van der Waals surface area contributed by atoms with Crippen molar-refractivity contribution in [2.45, 2.75) is 17.7 Å². The van der Waals surface area contributed by atoms with E-state index in [-0.39, 0.29) is 22.0 Å². The van der Waals surface area contributed by atoms with Crippen molar-refractivity contribution in [3.8, 4) is 0 Å². The number of benzene rings is 1. The standard InChI is InChI=1S/C16H19ClN2O5S/c1-19(2)25(23,24)10-7-8-13(17)14(9-10)18-15(20)11-5-3-4-6-12(11)16(21)22/h3-4,7-9,11-12H,5-6H2,1-2H3,(H,18,20)(H,21,22)/t11-,12+/m1/s1. The van der Waals surface area contributed by atoms with Crippen LogP contribution in [0.4, 0.5) is 5.69 Å². The Hall–Kier alpha value is -1.90. The number of carboxylic acid groups (broad SMARTS) is 1. The second kappa shape index (κ2) is 7.55. The van der Waals surface area contributed by atoms with Gasteiger partial charge in [-0.2, -0.15) is 0 Å². The molecule has 0 aliphatic heterocycles. The molecule has 1 aromatic carbocycles. The lowest BCUT2D eigenvalue weighted by Crippen LogP contribution is -2.34. The van der Waals surface area contributed by atoms with Crippen LogP contribution >= 0.6 is 11.6 Å². The van der Waals surface area contributed by atoms with Crippen LogP contribution in [0.15, 0.2) is 35.2 Å². The monoisotopic (exact) mass is 386 g/mol. The number of carbonyl (C=O) groups is 2. The fourth-order valence-corrected chi connectivity index (χ4v) is 3.67. The quantitative estimate of drug-likeness (QED) is 0.755. The van der Waals surface area contributed by atoms with Crippen LogP contribution in [0.3, 0.4) is 0 Å². The summed E-state index contributed by atoms with van der Waals surface area (Å²) in [5.41, 5.74) is 0.133. The van der Waals surface area contributed by atoms with Crippen LogP contribution in [0.5, 0.6) is 0 Å². The maximum Gasteiger partial charge on any atom is 0.307 e. The smallest absolute Gasteiger partial charge is 0.307 e. The highest BCUT2D eigenvalue weighted by molar-refractivity contribution is 7.89. The normalized spacial score (nSPS) is 20.5. The number of allylic oxidation sites excluding steroid dienone is 2. The predicted octanol–water partition coefficient (Wildman–Crippen LogP) is 2.20. The molecule has 0 aromatic heterocycles. The van der Waals surface area contributed by atoms with Crippen LogP contribution in [0.1, 0.15) is 12.8 Å². The second-order valence-electron chi connectivity index (χ2n) is 5.91. The van der Waals surface area contributed by atoms with Crippen LogP contribution in [0.2, 0.25) is 5.02 Å². The zero-order chi connectivity index (χ0) is 18.8. The molecule has 0 radical (unpaired) electrons. The predicted molar refractivity (Wildman–Crippen MR) is 93.9 cm³/mol. The number of sulfonamides is 1. The molecule has 136 valence electrons. The summed E-state index contributed by atoms with van der Waals surface area (Å²) >= 11 is 6.05. The van der Waals surface area contributed by atoms with Gasteiger partial charge in [0.2, 0.25) is 15.9 Å². The molecule has 7 nitrogen and oxygen atoms in total. The van der Waals surface area contributed by atoms with E-state index in [9.17, 15) is 23.1 Å². The lowest BCUT2D eigenvalue weighted by molar-refractivity contribution is -0.146. The van der Waals surface area contributed by atoms with Gasteiger partial charge in [-0.15, -0.1) is 0 Å². The molecule has 2 N–H and O–H groups in total. The second-order valence-corrected chi connectivity index (χ2v) is 8.47. The van der Waals surface area contributed by atoms with E-state index in [4.69, 9.17) is 11.6 Å². The van der Waals surface area contributed by atoms with Crippen molar-refractivity contribution in [3.63, 3.8) is 0 Å². The molecule has 0 unspecified atom stereocenters. The number of carboxylic acids is 1. The van der Waals surface area contributed by atoms with Gasteiger partial charge in [0.25, 0.3) is 0 Å². The van der Waals surface area contributed by atoms with Crippen LogP contribution in [0.25, 0.3) is 0 Å². The number of amides is 1. The van der Waals surface area contributed by atoms with E-state index in [2.05, 4.69) is 5.32 Å². The maximum absolute atomic E-state index is 12.5. The highest BCUT2D eigenvalue weighted by Crippen LogP contribution is 2.30. The molecule has 1 aliphatic carbocycles. The summed E-state index contributed by atoms with van der Waals surface area (Å²) in [5.74, 6) is -3.11. The fraction of sp³-hybridized carbons (Fsp3) is 0.375. The Labute approximate surface area is 151 Å². The summed E-state index contributed by atoms with van der Waals surface area (Å²) in [7, 11) is -0.889. The molecule has 9 heteroatoms. The van der Waals surface area contributed by atoms with Crippen molar-refractivity contribution in [1.29, 1.82) is 0 Å². The Morgan fingerprint density at radius 1 is 1.20 bits per heavy atom. The van der Waals surface area contributed by atoms with Gasteiger partial charge >= 0.3 is 5.97 Å². The van der Waals surface area contributed by atoms with Crippen molar-refractivity contribution in [3.05, 3.63) is 35.4 Å². The van der Waals surface area contributed by atoms with Gasteiger partial charge in [0.1, 0.15) is 0 Å². The highest BCUT2D eigenvalue weighted by atomic mass is 35.5. The van der Waals surface area contributed by atoms with E-state index in [1.54, 1.807) is 12.2 Å². The van der Waals surface area contributed by atoms with E-state index >= 15 is 0 Å². The minimum absolute atomic E-state index is 0.0180. The average Bonchev–Trinajstić information content (AvgIpc) is 2.56. The van der Waals surface area contributed by atoms with Crippen molar-refractivity contribution in [1.82, 2.24) is 4.31 Å². The van der Waals surface area contributed by atoms with Gasteiger partial charge in [0.05, 0.1) is 27.4 Å². The minimum Gasteiger partial charge on any atom is -0.481 e. The van der Waals surface area contributed by atoms with Crippen molar-refractivity contribution in [2.24, 2.45) is 11.8 Å². The third-order valence-electron chi connectivity index (χ3n) is 4.06. The third-order valence-corrected chi connectivity index (χ3v) is 6.20. The van der Waals surface area contributed by atoms with E-state index < -0.39 is 33.7 Å². The van der Waals surface area contributed by atoms with E-state index in [1.807, 2.05) is 0 Å². The molecule has 0 spiro atoms. The van der Waals surface area contributed by atoms with E-state index in [0.29, 0.717) is 6.42 Å². The molecule has 25 heavy (non-hydrogen) atoms. The number of hydrogen-bond donors (Lipinski definition) is 2. The van der Waals surface area contributed by atoms with Crippen LogP contribution in [0, 0.1) is 11.8 Å². The summed E-state index contributed by atoms with van der Waals surface area (Å²) in [5, 5.41) is 12.0. The maximum atomic E-state index is 12.5. The first-order valence-corrected chi connectivity index (χ1v) is 9.37. The van der Waals surface area contributed by atoms with Crippen molar-refractivity contribution in [2.75, 3.05) is 19.4 Å². The molecule has 1 amide bonds. The molecule has 0 bridgehead atoms. The number of aliphatic carboxylic acids is 1. The van der Waals surface area contributed by atoms with Gasteiger partial charge in [-0.05, 0) is 31.0 Å². The zero-order valence-corrected chi connectivity index (χ0v) is 15.3. The number of nitrogens with zero attached hydrogens (tertiary/aromatic N) is 1. The number of hydrogen-bond acceptors (Lipinski definition) is 4. The van der Waals surface area contributed by atoms with Crippen LogP contribution in [-0.2, 0) is 19.6 Å². The summed E-state index contributed by atoms with van der Waals surface area (Å²) in [6.45, 7) is 0. The van der Waals surface area contributed by atoms with E-state index in [0.717, 1.165) is 4.31 Å². The lowest BCUT2D eigenvalue weighted by atomic mass is 9.82. The summed E-state index contributed by atoms with van der Waals surface area (Å²) in [6.07, 6.45) is 4.07. The molecule has 0 saturated heterocycles. The van der Waals surface area contributed by atoms with Gasteiger partial charge in [0.15, 0.2) is 0 Å². The third kappa shape index (κ3) is 4.20.